The Hall–Kier alpha value is -1.12. The number of aliphatic hydroxyl groups excluding tert-OH is 1. The van der Waals surface area contributed by atoms with E-state index in [2.05, 4.69) is 14.9 Å². The van der Waals surface area contributed by atoms with Crippen molar-refractivity contribution in [3.63, 3.8) is 0 Å². The summed E-state index contributed by atoms with van der Waals surface area (Å²) in [6.45, 7) is 1.25. The molecule has 0 saturated carbocycles. The Morgan fingerprint density at radius 3 is 2.86 bits per heavy atom. The van der Waals surface area contributed by atoms with Gasteiger partial charge in [-0.3, -0.25) is 5.10 Å². The van der Waals surface area contributed by atoms with Gasteiger partial charge in [-0.25, -0.2) is 13.1 Å². The van der Waals surface area contributed by atoms with Gasteiger partial charge in [-0.2, -0.15) is 5.10 Å². The number of hydrogen-bond acceptors (Lipinski definition) is 5. The maximum Gasteiger partial charge on any atom is 0.246 e. The topological polar surface area (TPSA) is 121 Å². The highest BCUT2D eigenvalue weighted by Crippen LogP contribution is 2.13. The fourth-order valence-corrected chi connectivity index (χ4v) is 2.12. The van der Waals surface area contributed by atoms with Crippen LogP contribution in [0.25, 0.3) is 0 Å². The zero-order chi connectivity index (χ0) is 10.8. The van der Waals surface area contributed by atoms with Crippen LogP contribution in [0.5, 0.6) is 0 Å². The van der Waals surface area contributed by atoms with Crippen LogP contribution in [0.3, 0.4) is 0 Å². The third kappa shape index (κ3) is 2.22. The fourth-order valence-electron chi connectivity index (χ4n) is 0.865. The van der Waals surface area contributed by atoms with Crippen LogP contribution >= 0.6 is 0 Å². The highest BCUT2D eigenvalue weighted by atomic mass is 32.2. The van der Waals surface area contributed by atoms with Gasteiger partial charge in [-0.15, -0.1) is 0 Å². The van der Waals surface area contributed by atoms with Crippen molar-refractivity contribution in [3.8, 4) is 0 Å². The summed E-state index contributed by atoms with van der Waals surface area (Å²) >= 11 is 0. The minimum absolute atomic E-state index is 0.0253. The lowest BCUT2D eigenvalue weighted by atomic mass is 10.4. The summed E-state index contributed by atoms with van der Waals surface area (Å²) in [5.74, 6) is -0.0253. The largest absolute Gasteiger partial charge is 0.395 e. The number of sulfonamides is 1. The van der Waals surface area contributed by atoms with Gasteiger partial charge in [0.25, 0.3) is 0 Å². The van der Waals surface area contributed by atoms with E-state index in [0.29, 0.717) is 0 Å². The third-order valence-electron chi connectivity index (χ3n) is 1.55. The number of nitrogens with two attached hydrogens (primary N) is 1. The van der Waals surface area contributed by atoms with Gasteiger partial charge < -0.3 is 10.8 Å². The molecule has 0 aliphatic rings. The number of nitrogen functional groups attached to an aromatic ring is 1. The highest BCUT2D eigenvalue weighted by molar-refractivity contribution is 7.89. The van der Waals surface area contributed by atoms with E-state index in [-0.39, 0.29) is 17.3 Å². The molecule has 5 N–H and O–H groups in total. The van der Waals surface area contributed by atoms with Crippen molar-refractivity contribution in [1.82, 2.24) is 14.9 Å². The molecule has 0 aromatic carbocycles. The Morgan fingerprint density at radius 1 is 1.79 bits per heavy atom. The molecule has 0 fully saturated rings. The molecular weight excluding hydrogens is 208 g/mol. The molecule has 0 bridgehead atoms. The van der Waals surface area contributed by atoms with Crippen LogP contribution in [0.1, 0.15) is 6.92 Å². The summed E-state index contributed by atoms with van der Waals surface area (Å²) in [5.41, 5.74) is 5.34. The zero-order valence-corrected chi connectivity index (χ0v) is 8.37. The minimum Gasteiger partial charge on any atom is -0.395 e. The smallest absolute Gasteiger partial charge is 0.246 e. The second kappa shape index (κ2) is 3.95. The standard InChI is InChI=1S/C6H12N4O3S/c1-4(3-11)10-14(12,13)5-2-8-9-6(5)7/h2,4,10-11H,3H2,1H3,(H3,7,8,9)/t4-/m1/s1. The van der Waals surface area contributed by atoms with Gasteiger partial charge in [0.15, 0.2) is 0 Å². The number of anilines is 1. The monoisotopic (exact) mass is 220 g/mol. The summed E-state index contributed by atoms with van der Waals surface area (Å²) in [5, 5.41) is 14.5. The lowest BCUT2D eigenvalue weighted by molar-refractivity contribution is 0.265. The molecule has 1 aromatic rings. The van der Waals surface area contributed by atoms with Crippen LogP contribution in [0.15, 0.2) is 11.1 Å². The Kier molecular flexibility index (Phi) is 3.09. The number of hydrogen-bond donors (Lipinski definition) is 4. The number of H-pyrrole nitrogens is 1. The average molecular weight is 220 g/mol. The van der Waals surface area contributed by atoms with Crippen molar-refractivity contribution in [2.75, 3.05) is 12.3 Å². The molecular formula is C6H12N4O3S. The van der Waals surface area contributed by atoms with Crippen molar-refractivity contribution in [2.45, 2.75) is 17.9 Å². The van der Waals surface area contributed by atoms with Gasteiger partial charge in [-0.1, -0.05) is 0 Å². The second-order valence-corrected chi connectivity index (χ2v) is 4.54. The Bertz CT molecular complexity index is 399. The van der Waals surface area contributed by atoms with Crippen LogP contribution in [0.4, 0.5) is 5.82 Å². The molecule has 7 nitrogen and oxygen atoms in total. The van der Waals surface area contributed by atoms with E-state index in [1.54, 1.807) is 0 Å². The number of nitrogens with one attached hydrogen (secondary N) is 2. The van der Waals surface area contributed by atoms with E-state index in [9.17, 15) is 8.42 Å². The molecule has 1 aromatic heterocycles. The van der Waals surface area contributed by atoms with Crippen molar-refractivity contribution < 1.29 is 13.5 Å². The minimum atomic E-state index is -3.69. The summed E-state index contributed by atoms with van der Waals surface area (Å²) in [6, 6.07) is -0.561. The summed E-state index contributed by atoms with van der Waals surface area (Å²) in [4.78, 5) is -0.113. The Morgan fingerprint density at radius 2 is 2.43 bits per heavy atom. The van der Waals surface area contributed by atoms with Crippen LogP contribution in [0, 0.1) is 0 Å². The van der Waals surface area contributed by atoms with E-state index < -0.39 is 16.1 Å². The first-order valence-corrected chi connectivity index (χ1v) is 5.37. The van der Waals surface area contributed by atoms with Gasteiger partial charge in [0.2, 0.25) is 10.0 Å². The molecule has 0 amide bonds. The maximum absolute atomic E-state index is 11.5. The molecule has 8 heteroatoms. The van der Waals surface area contributed by atoms with Crippen LogP contribution in [-0.4, -0.2) is 36.4 Å². The molecule has 0 saturated heterocycles. The van der Waals surface area contributed by atoms with Crippen LogP contribution in [-0.2, 0) is 10.0 Å². The Balaban J connectivity index is 2.92. The number of aromatic nitrogens is 2. The number of aliphatic hydroxyl groups is 1. The van der Waals surface area contributed by atoms with E-state index in [1.807, 2.05) is 0 Å². The van der Waals surface area contributed by atoms with Crippen LogP contribution < -0.4 is 10.5 Å². The highest BCUT2D eigenvalue weighted by Gasteiger charge is 2.20. The van der Waals surface area contributed by atoms with E-state index >= 15 is 0 Å². The lowest BCUT2D eigenvalue weighted by Gasteiger charge is -2.10. The predicted molar refractivity (Wildman–Crippen MR) is 49.9 cm³/mol. The van der Waals surface area contributed by atoms with E-state index in [4.69, 9.17) is 10.8 Å². The molecule has 1 heterocycles. The van der Waals surface area contributed by atoms with Crippen molar-refractivity contribution >= 4 is 15.8 Å². The zero-order valence-electron chi connectivity index (χ0n) is 7.56. The molecule has 0 radical (unpaired) electrons. The molecule has 0 aliphatic carbocycles. The second-order valence-electron chi connectivity index (χ2n) is 2.85. The predicted octanol–water partition coefficient (Wildman–Crippen LogP) is -1.35. The third-order valence-corrected chi connectivity index (χ3v) is 3.17. The summed E-state index contributed by atoms with van der Waals surface area (Å²) in [6.07, 6.45) is 1.11. The normalized spacial score (nSPS) is 14.1. The Labute approximate surface area is 81.4 Å². The first-order chi connectivity index (χ1) is 6.47. The lowest BCUT2D eigenvalue weighted by Crippen LogP contribution is -2.35. The molecule has 0 aliphatic heterocycles. The van der Waals surface area contributed by atoms with Crippen LogP contribution in [0.2, 0.25) is 0 Å². The van der Waals surface area contributed by atoms with Gasteiger partial charge in [-0.05, 0) is 6.92 Å². The van der Waals surface area contributed by atoms with E-state index in [0.717, 1.165) is 6.20 Å². The maximum atomic E-state index is 11.5. The average Bonchev–Trinajstić information content (AvgIpc) is 2.51. The number of aromatic amines is 1. The molecule has 1 rings (SSSR count). The number of rotatable bonds is 4. The number of nitrogens with zero attached hydrogens (tertiary/aromatic N) is 1. The summed E-state index contributed by atoms with van der Waals surface area (Å²) < 4.78 is 25.3. The van der Waals surface area contributed by atoms with Gasteiger partial charge in [0.1, 0.15) is 10.7 Å². The van der Waals surface area contributed by atoms with Crippen molar-refractivity contribution in [2.24, 2.45) is 0 Å². The molecule has 14 heavy (non-hydrogen) atoms. The van der Waals surface area contributed by atoms with E-state index in [1.165, 1.54) is 6.92 Å². The SMILES string of the molecule is C[C@H](CO)NS(=O)(=O)c1cn[nH]c1N. The van der Waals surface area contributed by atoms with Gasteiger partial charge >= 0.3 is 0 Å². The quantitative estimate of drug-likeness (QED) is 0.500. The first kappa shape index (κ1) is 11.0. The molecule has 0 spiro atoms. The summed E-state index contributed by atoms with van der Waals surface area (Å²) in [7, 11) is -3.69. The molecule has 80 valence electrons. The fraction of sp³-hybridized carbons (Fsp3) is 0.500. The molecule has 1 atom stereocenters. The van der Waals surface area contributed by atoms with Gasteiger partial charge in [0.05, 0.1) is 12.8 Å². The van der Waals surface area contributed by atoms with Crippen molar-refractivity contribution in [3.05, 3.63) is 6.20 Å². The molecule has 0 unspecified atom stereocenters. The van der Waals surface area contributed by atoms with Crippen molar-refractivity contribution in [1.29, 1.82) is 0 Å². The first-order valence-electron chi connectivity index (χ1n) is 3.89. The van der Waals surface area contributed by atoms with Gasteiger partial charge in [0, 0.05) is 6.04 Å².